The van der Waals surface area contributed by atoms with Crippen LogP contribution in [0.25, 0.3) is 0 Å². The van der Waals surface area contributed by atoms with Crippen LogP contribution in [0.1, 0.15) is 36.2 Å². The Morgan fingerprint density at radius 3 is 3.04 bits per heavy atom. The number of rotatable bonds is 4. The summed E-state index contributed by atoms with van der Waals surface area (Å²) in [4.78, 5) is 24.4. The molecule has 2 aromatic rings. The molecule has 124 valence electrons. The van der Waals surface area contributed by atoms with Crippen LogP contribution < -0.4 is 11.0 Å². The molecule has 1 aliphatic rings. The van der Waals surface area contributed by atoms with E-state index in [-0.39, 0.29) is 18.1 Å². The summed E-state index contributed by atoms with van der Waals surface area (Å²) in [7, 11) is 0. The normalized spacial score (nSPS) is 13.6. The van der Waals surface area contributed by atoms with E-state index in [0.717, 1.165) is 37.1 Å². The molecular formula is C17H19N5O2. The predicted molar refractivity (Wildman–Crippen MR) is 87.0 cm³/mol. The molecule has 1 aromatic carbocycles. The van der Waals surface area contributed by atoms with Gasteiger partial charge in [-0.3, -0.25) is 9.36 Å². The van der Waals surface area contributed by atoms with Crippen molar-refractivity contribution in [3.05, 3.63) is 51.7 Å². The third-order valence-electron chi connectivity index (χ3n) is 4.12. The van der Waals surface area contributed by atoms with Crippen molar-refractivity contribution < 1.29 is 4.79 Å². The first-order valence-electron chi connectivity index (χ1n) is 8.09. The van der Waals surface area contributed by atoms with E-state index in [1.54, 1.807) is 22.8 Å². The molecule has 3 rings (SSSR count). The minimum Gasteiger partial charge on any atom is -0.350 e. The summed E-state index contributed by atoms with van der Waals surface area (Å²) in [6.45, 7) is 0.907. The van der Waals surface area contributed by atoms with Crippen molar-refractivity contribution >= 4 is 5.91 Å². The van der Waals surface area contributed by atoms with Crippen LogP contribution in [0, 0.1) is 11.3 Å². The molecule has 1 aromatic heterocycles. The van der Waals surface area contributed by atoms with E-state index in [0.29, 0.717) is 18.7 Å². The zero-order chi connectivity index (χ0) is 16.9. The number of nitriles is 1. The maximum absolute atomic E-state index is 12.3. The molecule has 7 nitrogen and oxygen atoms in total. The molecule has 0 bridgehead atoms. The molecule has 0 saturated heterocycles. The van der Waals surface area contributed by atoms with Gasteiger partial charge >= 0.3 is 5.69 Å². The van der Waals surface area contributed by atoms with Gasteiger partial charge in [0.05, 0.1) is 11.6 Å². The Hall–Kier alpha value is -2.88. The first-order chi connectivity index (χ1) is 11.7. The number of carbonyl (C=O) groups excluding carboxylic acids is 1. The van der Waals surface area contributed by atoms with Gasteiger partial charge in [-0.2, -0.15) is 10.4 Å². The number of hydrogen-bond acceptors (Lipinski definition) is 4. The van der Waals surface area contributed by atoms with Gasteiger partial charge in [-0.05, 0) is 30.5 Å². The van der Waals surface area contributed by atoms with Crippen molar-refractivity contribution in [2.75, 3.05) is 0 Å². The van der Waals surface area contributed by atoms with E-state index in [1.165, 1.54) is 4.68 Å². The van der Waals surface area contributed by atoms with Crippen LogP contribution in [0.4, 0.5) is 0 Å². The third kappa shape index (κ3) is 3.54. The van der Waals surface area contributed by atoms with Crippen molar-refractivity contribution in [3.8, 4) is 6.07 Å². The number of amides is 1. The third-order valence-corrected chi connectivity index (χ3v) is 4.12. The molecule has 2 heterocycles. The minimum atomic E-state index is -0.271. The first kappa shape index (κ1) is 16.0. The fourth-order valence-electron chi connectivity index (χ4n) is 2.87. The quantitative estimate of drug-likeness (QED) is 0.906. The number of carbonyl (C=O) groups is 1. The van der Waals surface area contributed by atoms with Crippen LogP contribution in [0.15, 0.2) is 29.1 Å². The molecule has 0 fully saturated rings. The van der Waals surface area contributed by atoms with E-state index in [9.17, 15) is 9.59 Å². The van der Waals surface area contributed by atoms with Crippen LogP contribution in [0.2, 0.25) is 0 Å². The van der Waals surface area contributed by atoms with Gasteiger partial charge in [-0.1, -0.05) is 18.6 Å². The van der Waals surface area contributed by atoms with Crippen molar-refractivity contribution in [1.82, 2.24) is 19.7 Å². The summed E-state index contributed by atoms with van der Waals surface area (Å²) >= 11 is 0. The average molecular weight is 325 g/mol. The topological polar surface area (TPSA) is 92.7 Å². The molecule has 0 unspecified atom stereocenters. The highest BCUT2D eigenvalue weighted by molar-refractivity contribution is 5.75. The summed E-state index contributed by atoms with van der Waals surface area (Å²) in [6.07, 6.45) is 3.88. The summed E-state index contributed by atoms with van der Waals surface area (Å²) in [6, 6.07) is 9.12. The maximum Gasteiger partial charge on any atom is 0.346 e. The Labute approximate surface area is 139 Å². The van der Waals surface area contributed by atoms with Crippen LogP contribution in [-0.4, -0.2) is 20.3 Å². The average Bonchev–Trinajstić information content (AvgIpc) is 2.78. The molecule has 1 aliphatic heterocycles. The molecule has 0 radical (unpaired) electrons. The Balaban J connectivity index is 1.63. The monoisotopic (exact) mass is 325 g/mol. The van der Waals surface area contributed by atoms with Crippen molar-refractivity contribution in [1.29, 1.82) is 5.26 Å². The maximum atomic E-state index is 12.3. The Bertz CT molecular complexity index is 843. The van der Waals surface area contributed by atoms with Crippen molar-refractivity contribution in [2.24, 2.45) is 0 Å². The van der Waals surface area contributed by atoms with E-state index >= 15 is 0 Å². The summed E-state index contributed by atoms with van der Waals surface area (Å²) in [5.74, 6) is 0.500. The second kappa shape index (κ2) is 7.13. The van der Waals surface area contributed by atoms with Crippen LogP contribution in [0.3, 0.4) is 0 Å². The largest absolute Gasteiger partial charge is 0.350 e. The molecule has 1 amide bonds. The lowest BCUT2D eigenvalue weighted by Crippen LogP contribution is -2.33. The lowest BCUT2D eigenvalue weighted by molar-refractivity contribution is -0.122. The highest BCUT2D eigenvalue weighted by atomic mass is 16.2. The number of nitrogens with one attached hydrogen (secondary N) is 1. The predicted octanol–water partition coefficient (Wildman–Crippen LogP) is 0.959. The molecular weight excluding hydrogens is 306 g/mol. The smallest absolute Gasteiger partial charge is 0.346 e. The fraction of sp³-hybridized carbons (Fsp3) is 0.412. The second-order valence-corrected chi connectivity index (χ2v) is 5.91. The van der Waals surface area contributed by atoms with Gasteiger partial charge in [0.1, 0.15) is 12.4 Å². The van der Waals surface area contributed by atoms with Gasteiger partial charge in [0.2, 0.25) is 5.91 Å². The molecule has 24 heavy (non-hydrogen) atoms. The van der Waals surface area contributed by atoms with E-state index in [2.05, 4.69) is 16.5 Å². The number of aromatic nitrogens is 3. The van der Waals surface area contributed by atoms with Gasteiger partial charge in [0, 0.05) is 19.5 Å². The van der Waals surface area contributed by atoms with Gasteiger partial charge in [0.15, 0.2) is 0 Å². The van der Waals surface area contributed by atoms with Crippen molar-refractivity contribution in [3.63, 3.8) is 0 Å². The number of nitrogens with zero attached hydrogens (tertiary/aromatic N) is 4. The van der Waals surface area contributed by atoms with E-state index < -0.39 is 0 Å². The second-order valence-electron chi connectivity index (χ2n) is 5.91. The highest BCUT2D eigenvalue weighted by Crippen LogP contribution is 2.10. The molecule has 0 spiro atoms. The Morgan fingerprint density at radius 2 is 2.21 bits per heavy atom. The van der Waals surface area contributed by atoms with Crippen LogP contribution in [-0.2, 0) is 30.8 Å². The van der Waals surface area contributed by atoms with Crippen LogP contribution in [0.5, 0.6) is 0 Å². The number of fused-ring (bicyclic) bond motifs is 1. The summed E-state index contributed by atoms with van der Waals surface area (Å²) in [5.41, 5.74) is 1.18. The lowest BCUT2D eigenvalue weighted by atomic mass is 10.1. The molecule has 0 atom stereocenters. The summed E-state index contributed by atoms with van der Waals surface area (Å²) in [5, 5.41) is 15.9. The fourth-order valence-corrected chi connectivity index (χ4v) is 2.87. The zero-order valence-corrected chi connectivity index (χ0v) is 13.4. The highest BCUT2D eigenvalue weighted by Gasteiger charge is 2.17. The van der Waals surface area contributed by atoms with Gasteiger partial charge in [-0.25, -0.2) is 9.48 Å². The number of aryl methyl sites for hydroxylation is 1. The lowest BCUT2D eigenvalue weighted by Gasteiger charge is -2.05. The minimum absolute atomic E-state index is 0.0865. The first-order valence-corrected chi connectivity index (χ1v) is 8.09. The Kier molecular flexibility index (Phi) is 4.75. The zero-order valence-electron chi connectivity index (χ0n) is 13.4. The molecule has 0 aliphatic carbocycles. The SMILES string of the molecule is N#Cc1cccc(CNC(=O)Cn2nc3n(c2=O)CCCCC3)c1. The summed E-state index contributed by atoms with van der Waals surface area (Å²) < 4.78 is 2.92. The standard InChI is InChI=1S/C17H19N5O2/c18-10-13-5-4-6-14(9-13)11-19-16(23)12-22-17(24)21-8-3-1-2-7-15(21)20-22/h4-6,9H,1-3,7-8,11-12H2,(H,19,23). The molecule has 1 N–H and O–H groups in total. The van der Waals surface area contributed by atoms with Gasteiger partial charge in [-0.15, -0.1) is 0 Å². The van der Waals surface area contributed by atoms with Gasteiger partial charge in [0.25, 0.3) is 0 Å². The van der Waals surface area contributed by atoms with E-state index in [4.69, 9.17) is 5.26 Å². The number of hydrogen-bond donors (Lipinski definition) is 1. The Morgan fingerprint density at radius 1 is 1.33 bits per heavy atom. The molecule has 7 heteroatoms. The van der Waals surface area contributed by atoms with Crippen molar-refractivity contribution in [2.45, 2.75) is 45.3 Å². The van der Waals surface area contributed by atoms with Gasteiger partial charge < -0.3 is 5.32 Å². The molecule has 0 saturated carbocycles. The van der Waals surface area contributed by atoms with Crippen LogP contribution >= 0.6 is 0 Å². The number of benzene rings is 1. The van der Waals surface area contributed by atoms with E-state index in [1.807, 2.05) is 6.07 Å².